The molecule has 164 valence electrons. The molecular weight excluding hydrogens is 355 g/mol. The maximum absolute atomic E-state index is 2.42. The third-order valence-electron chi connectivity index (χ3n) is 5.61. The summed E-state index contributed by atoms with van der Waals surface area (Å²) in [6.07, 6.45) is 15.7. The molecule has 0 aromatic heterocycles. The van der Waals surface area contributed by atoms with Gasteiger partial charge in [0.15, 0.2) is 0 Å². The Kier molecular flexibility index (Phi) is 16.2. The third-order valence-corrected chi connectivity index (χ3v) is 5.61. The maximum atomic E-state index is 2.42. The molecule has 1 aromatic rings. The van der Waals surface area contributed by atoms with Crippen LogP contribution in [0.5, 0.6) is 0 Å². The molecule has 0 aliphatic heterocycles. The molecule has 1 atom stereocenters. The van der Waals surface area contributed by atoms with Crippen molar-refractivity contribution in [2.75, 3.05) is 6.66 Å². The quantitative estimate of drug-likeness (QED) is 0.438. The van der Waals surface area contributed by atoms with E-state index in [1.807, 2.05) is 6.66 Å². The first kappa shape index (κ1) is 27.6. The Hall–Kier alpha value is -0.350. The Morgan fingerprint density at radius 3 is 1.46 bits per heavy atom. The van der Waals surface area contributed by atoms with Gasteiger partial charge in [-0.05, 0) is 47.6 Å². The molecule has 0 bridgehead atoms. The molecule has 28 heavy (non-hydrogen) atoms. The van der Waals surface area contributed by atoms with Crippen LogP contribution in [0.4, 0.5) is 0 Å². The number of rotatable bonds is 3. The molecule has 2 aliphatic carbocycles. The van der Waals surface area contributed by atoms with Crippen molar-refractivity contribution in [2.45, 2.75) is 118 Å². The molecule has 0 amide bonds. The van der Waals surface area contributed by atoms with E-state index in [1.54, 1.807) is 5.56 Å². The van der Waals surface area contributed by atoms with Gasteiger partial charge in [-0.25, -0.2) is 0 Å². The van der Waals surface area contributed by atoms with Crippen molar-refractivity contribution in [1.82, 2.24) is 0 Å². The van der Waals surface area contributed by atoms with Crippen molar-refractivity contribution in [3.8, 4) is 0 Å². The molecular formula is C27H51P. The van der Waals surface area contributed by atoms with Crippen LogP contribution in [0.1, 0.15) is 123 Å². The lowest BCUT2D eigenvalue weighted by molar-refractivity contribution is 0.409. The average Bonchev–Trinajstić information content (AvgIpc) is 2.65. The monoisotopic (exact) mass is 406 g/mol. The second kappa shape index (κ2) is 16.4. The van der Waals surface area contributed by atoms with Crippen LogP contribution in [0.15, 0.2) is 24.3 Å². The first-order chi connectivity index (χ1) is 13.3. The summed E-state index contributed by atoms with van der Waals surface area (Å²) in [5.41, 5.74) is 3.43. The fourth-order valence-corrected chi connectivity index (χ4v) is 3.32. The van der Waals surface area contributed by atoms with Gasteiger partial charge in [0, 0.05) is 0 Å². The molecule has 0 N–H and O–H groups in total. The minimum absolute atomic E-state index is 0.401. The summed E-state index contributed by atoms with van der Waals surface area (Å²) in [4.78, 5) is 0. The standard InChI is InChI=1S/C15H22.C6H12.C5H12.CH5P/c1-15(2,3)11-12-7-9-14(10-8-12)13-5-4-6-13;1-2-4-6-5-3-1;1-4-5(2)3;1-2/h7-10,13H,4-6,11H2,1-3H3;1-6H2;5H,4H2,1-3H3;2H2,1H3. The van der Waals surface area contributed by atoms with Gasteiger partial charge in [-0.15, -0.1) is 9.24 Å². The second-order valence-corrected chi connectivity index (χ2v) is 10.0. The third kappa shape index (κ3) is 14.6. The van der Waals surface area contributed by atoms with E-state index in [-0.39, 0.29) is 0 Å². The zero-order chi connectivity index (χ0) is 21.4. The normalized spacial score (nSPS) is 16.5. The van der Waals surface area contributed by atoms with Crippen LogP contribution in [-0.2, 0) is 6.42 Å². The molecule has 0 heterocycles. The molecule has 1 unspecified atom stereocenters. The molecule has 2 aliphatic rings. The molecule has 3 rings (SSSR count). The lowest BCUT2D eigenvalue weighted by Gasteiger charge is -2.26. The van der Waals surface area contributed by atoms with Gasteiger partial charge >= 0.3 is 0 Å². The number of hydrogen-bond acceptors (Lipinski definition) is 0. The highest BCUT2D eigenvalue weighted by Crippen LogP contribution is 2.36. The van der Waals surface area contributed by atoms with Crippen LogP contribution >= 0.6 is 9.24 Å². The van der Waals surface area contributed by atoms with Crippen molar-refractivity contribution >= 4 is 9.24 Å². The fourth-order valence-electron chi connectivity index (χ4n) is 3.32. The zero-order valence-corrected chi connectivity index (χ0v) is 21.5. The Morgan fingerprint density at radius 2 is 1.21 bits per heavy atom. The maximum Gasteiger partial charge on any atom is -0.0162 e. The lowest BCUT2D eigenvalue weighted by atomic mass is 9.79. The predicted molar refractivity (Wildman–Crippen MR) is 135 cm³/mol. The van der Waals surface area contributed by atoms with Crippen molar-refractivity contribution < 1.29 is 0 Å². The van der Waals surface area contributed by atoms with Gasteiger partial charge in [0.2, 0.25) is 0 Å². The number of benzene rings is 1. The minimum Gasteiger partial charge on any atom is -0.141 e. The van der Waals surface area contributed by atoms with E-state index in [0.717, 1.165) is 11.8 Å². The molecule has 1 aromatic carbocycles. The molecule has 0 radical (unpaired) electrons. The lowest BCUT2D eigenvalue weighted by Crippen LogP contribution is -2.10. The van der Waals surface area contributed by atoms with Crippen LogP contribution in [0.2, 0.25) is 0 Å². The molecule has 2 fully saturated rings. The summed E-state index contributed by atoms with van der Waals surface area (Å²) in [5, 5.41) is 0. The van der Waals surface area contributed by atoms with Gasteiger partial charge in [-0.2, -0.15) is 0 Å². The molecule has 0 saturated heterocycles. The Balaban J connectivity index is 0.000000463. The second-order valence-electron chi connectivity index (χ2n) is 10.0. The van der Waals surface area contributed by atoms with Crippen LogP contribution in [0.3, 0.4) is 0 Å². The minimum atomic E-state index is 0.401. The summed E-state index contributed by atoms with van der Waals surface area (Å²) in [7, 11) is 2.42. The van der Waals surface area contributed by atoms with Crippen molar-refractivity contribution in [3.05, 3.63) is 35.4 Å². The Bertz CT molecular complexity index is 433. The van der Waals surface area contributed by atoms with Gasteiger partial charge in [0.05, 0.1) is 0 Å². The Labute approximate surface area is 180 Å². The van der Waals surface area contributed by atoms with Gasteiger partial charge < -0.3 is 0 Å². The van der Waals surface area contributed by atoms with E-state index in [0.29, 0.717) is 5.41 Å². The first-order valence-corrected chi connectivity index (χ1v) is 13.1. The zero-order valence-electron chi connectivity index (χ0n) is 20.3. The number of hydrogen-bond donors (Lipinski definition) is 0. The molecule has 2 saturated carbocycles. The van der Waals surface area contributed by atoms with Crippen molar-refractivity contribution in [2.24, 2.45) is 11.3 Å². The van der Waals surface area contributed by atoms with Gasteiger partial charge in [-0.3, -0.25) is 0 Å². The molecule has 0 nitrogen and oxygen atoms in total. The van der Waals surface area contributed by atoms with Crippen LogP contribution in [0.25, 0.3) is 0 Å². The molecule has 0 spiro atoms. The van der Waals surface area contributed by atoms with Crippen LogP contribution < -0.4 is 0 Å². The Morgan fingerprint density at radius 1 is 0.821 bits per heavy atom. The van der Waals surface area contributed by atoms with E-state index >= 15 is 0 Å². The van der Waals surface area contributed by atoms with E-state index < -0.39 is 0 Å². The van der Waals surface area contributed by atoms with Crippen molar-refractivity contribution in [1.29, 1.82) is 0 Å². The van der Waals surface area contributed by atoms with E-state index in [1.165, 1.54) is 76.2 Å². The summed E-state index contributed by atoms with van der Waals surface area (Å²) < 4.78 is 0. The van der Waals surface area contributed by atoms with E-state index in [4.69, 9.17) is 0 Å². The summed E-state index contributed by atoms with van der Waals surface area (Å²) in [6.45, 7) is 15.5. The topological polar surface area (TPSA) is 0 Å². The SMILES string of the molecule is C1CCCCC1.CC(C)(C)Cc1ccc(C2CCC2)cc1.CCC(C)C.CP. The molecule has 1 heteroatoms. The fraction of sp³-hybridized carbons (Fsp3) is 0.778. The van der Waals surface area contributed by atoms with E-state index in [9.17, 15) is 0 Å². The van der Waals surface area contributed by atoms with E-state index in [2.05, 4.69) is 75.0 Å². The van der Waals surface area contributed by atoms with Gasteiger partial charge in [0.1, 0.15) is 0 Å². The van der Waals surface area contributed by atoms with Crippen molar-refractivity contribution in [3.63, 3.8) is 0 Å². The highest BCUT2D eigenvalue weighted by molar-refractivity contribution is 7.15. The summed E-state index contributed by atoms with van der Waals surface area (Å²) in [5.74, 6) is 1.75. The summed E-state index contributed by atoms with van der Waals surface area (Å²) >= 11 is 0. The van der Waals surface area contributed by atoms with Gasteiger partial charge in [0.25, 0.3) is 0 Å². The smallest absolute Gasteiger partial charge is 0.0162 e. The van der Waals surface area contributed by atoms with Crippen LogP contribution in [-0.4, -0.2) is 6.66 Å². The summed E-state index contributed by atoms with van der Waals surface area (Å²) in [6, 6.07) is 9.31. The van der Waals surface area contributed by atoms with Crippen LogP contribution in [0, 0.1) is 11.3 Å². The average molecular weight is 407 g/mol. The van der Waals surface area contributed by atoms with Gasteiger partial charge in [-0.1, -0.05) is 124 Å². The largest absolute Gasteiger partial charge is 0.141 e. The highest BCUT2D eigenvalue weighted by atomic mass is 31.0. The predicted octanol–water partition coefficient (Wildman–Crippen LogP) is 9.43. The first-order valence-electron chi connectivity index (χ1n) is 12.0. The highest BCUT2D eigenvalue weighted by Gasteiger charge is 2.19.